The second-order valence-corrected chi connectivity index (χ2v) is 9.43. The Hall–Kier alpha value is -2.57. The second kappa shape index (κ2) is 8.75. The monoisotopic (exact) mass is 469 g/mol. The fourth-order valence-electron chi connectivity index (χ4n) is 4.86. The maximum Gasteiger partial charge on any atom is 0.318 e. The number of nitrogens with one attached hydrogen (secondary N) is 1. The molecule has 6 nitrogen and oxygen atoms in total. The van der Waals surface area contributed by atoms with Crippen LogP contribution >= 0.6 is 23.2 Å². The van der Waals surface area contributed by atoms with Crippen LogP contribution in [-0.4, -0.2) is 32.2 Å². The van der Waals surface area contributed by atoms with Crippen molar-refractivity contribution in [1.29, 1.82) is 0 Å². The van der Waals surface area contributed by atoms with Crippen LogP contribution in [0.1, 0.15) is 59.7 Å². The molecule has 1 aliphatic heterocycles. The highest BCUT2D eigenvalue weighted by Crippen LogP contribution is 2.35. The summed E-state index contributed by atoms with van der Waals surface area (Å²) in [7, 11) is 0. The Morgan fingerprint density at radius 2 is 1.88 bits per heavy atom. The summed E-state index contributed by atoms with van der Waals surface area (Å²) >= 11 is 12.2. The van der Waals surface area contributed by atoms with Gasteiger partial charge < -0.3 is 14.8 Å². The number of fused-ring (bicyclic) bond motifs is 1. The highest BCUT2D eigenvalue weighted by molar-refractivity contribution is 6.30. The summed E-state index contributed by atoms with van der Waals surface area (Å²) in [4.78, 5) is 15.2. The number of carbonyl (C=O) groups is 1. The number of urea groups is 1. The van der Waals surface area contributed by atoms with Crippen LogP contribution < -0.4 is 5.32 Å². The Bertz CT molecular complexity index is 1140. The number of hydrogen-bond donors (Lipinski definition) is 1. The van der Waals surface area contributed by atoms with E-state index in [9.17, 15) is 4.79 Å². The summed E-state index contributed by atoms with van der Waals surface area (Å²) in [6.45, 7) is 3.31. The van der Waals surface area contributed by atoms with Gasteiger partial charge in [-0.2, -0.15) is 0 Å². The van der Waals surface area contributed by atoms with E-state index < -0.39 is 0 Å². The number of amides is 2. The third-order valence-electron chi connectivity index (χ3n) is 6.51. The van der Waals surface area contributed by atoms with Crippen molar-refractivity contribution in [2.75, 3.05) is 6.54 Å². The molecule has 2 atom stereocenters. The van der Waals surface area contributed by atoms with Gasteiger partial charge in [0.1, 0.15) is 5.82 Å². The van der Waals surface area contributed by atoms with Gasteiger partial charge in [-0.25, -0.2) is 4.79 Å². The van der Waals surface area contributed by atoms with Crippen LogP contribution in [0, 0.1) is 6.92 Å². The van der Waals surface area contributed by atoms with Crippen LogP contribution in [0.4, 0.5) is 4.79 Å². The largest absolute Gasteiger partial charge is 0.331 e. The predicted molar refractivity (Wildman–Crippen MR) is 125 cm³/mol. The number of benzene rings is 2. The quantitative estimate of drug-likeness (QED) is 0.550. The van der Waals surface area contributed by atoms with Crippen LogP contribution in [0.2, 0.25) is 10.0 Å². The summed E-state index contributed by atoms with van der Waals surface area (Å²) < 4.78 is 2.10. The fraction of sp³-hybridized carbons (Fsp3) is 0.375. The number of hydrogen-bond acceptors (Lipinski definition) is 3. The van der Waals surface area contributed by atoms with Crippen molar-refractivity contribution >= 4 is 29.2 Å². The van der Waals surface area contributed by atoms with Gasteiger partial charge in [0.25, 0.3) is 0 Å². The lowest BCUT2D eigenvalue weighted by atomic mass is 10.1. The van der Waals surface area contributed by atoms with Crippen LogP contribution in [0.5, 0.6) is 0 Å². The molecule has 5 rings (SSSR count). The number of aryl methyl sites for hydroxylation is 2. The van der Waals surface area contributed by atoms with E-state index >= 15 is 0 Å². The standard InChI is InChI=1S/C24H25Cl2N5O/c1-15-28-29-23(31(15)14-16-4-7-18(25)8-5-16)22-3-2-12-30(22)24(32)27-21-11-6-17-13-19(26)9-10-20(17)21/h4-5,7-10,13,21-22H,2-3,6,11-12,14H2,1H3,(H,27,32). The van der Waals surface area contributed by atoms with Gasteiger partial charge in [-0.1, -0.05) is 41.4 Å². The topological polar surface area (TPSA) is 63.1 Å². The predicted octanol–water partition coefficient (Wildman–Crippen LogP) is 5.48. The molecule has 0 saturated carbocycles. The lowest BCUT2D eigenvalue weighted by Crippen LogP contribution is -2.41. The Morgan fingerprint density at radius 3 is 2.69 bits per heavy atom. The molecule has 2 aliphatic rings. The maximum atomic E-state index is 13.3. The highest BCUT2D eigenvalue weighted by Gasteiger charge is 2.35. The molecule has 0 radical (unpaired) electrons. The van der Waals surface area contributed by atoms with Gasteiger partial charge in [0, 0.05) is 16.6 Å². The molecule has 0 spiro atoms. The Kier molecular flexibility index (Phi) is 5.82. The minimum absolute atomic E-state index is 0.0182. The molecule has 1 saturated heterocycles. The van der Waals surface area contributed by atoms with Gasteiger partial charge in [0.05, 0.1) is 18.6 Å². The van der Waals surface area contributed by atoms with E-state index in [2.05, 4.69) is 20.1 Å². The molecule has 2 amide bonds. The van der Waals surface area contributed by atoms with Crippen LogP contribution in [0.15, 0.2) is 42.5 Å². The smallest absolute Gasteiger partial charge is 0.318 e. The molecule has 0 bridgehead atoms. The zero-order chi connectivity index (χ0) is 22.2. The van der Waals surface area contributed by atoms with E-state index in [1.165, 1.54) is 11.1 Å². The van der Waals surface area contributed by atoms with E-state index in [-0.39, 0.29) is 18.1 Å². The van der Waals surface area contributed by atoms with Crippen LogP contribution in [-0.2, 0) is 13.0 Å². The molecule has 32 heavy (non-hydrogen) atoms. The summed E-state index contributed by atoms with van der Waals surface area (Å²) in [5.74, 6) is 1.67. The van der Waals surface area contributed by atoms with E-state index in [0.717, 1.165) is 47.9 Å². The minimum atomic E-state index is -0.0883. The number of likely N-dealkylation sites (tertiary alicyclic amines) is 1. The van der Waals surface area contributed by atoms with Crippen molar-refractivity contribution in [2.45, 2.75) is 51.2 Å². The fourth-order valence-corrected chi connectivity index (χ4v) is 5.18. The summed E-state index contributed by atoms with van der Waals surface area (Å²) in [5, 5.41) is 13.5. The molecular weight excluding hydrogens is 445 g/mol. The number of rotatable bonds is 4. The zero-order valence-electron chi connectivity index (χ0n) is 17.9. The van der Waals surface area contributed by atoms with E-state index in [1.807, 2.05) is 54.3 Å². The number of aromatic nitrogens is 3. The zero-order valence-corrected chi connectivity index (χ0v) is 19.4. The molecular formula is C24H25Cl2N5O. The first kappa shape index (κ1) is 21.3. The van der Waals surface area contributed by atoms with Gasteiger partial charge in [0.15, 0.2) is 5.82 Å². The third kappa shape index (κ3) is 4.09. The average molecular weight is 470 g/mol. The minimum Gasteiger partial charge on any atom is -0.331 e. The number of nitrogens with zero attached hydrogens (tertiary/aromatic N) is 4. The molecule has 2 unspecified atom stereocenters. The van der Waals surface area contributed by atoms with E-state index in [0.29, 0.717) is 18.1 Å². The molecule has 1 aromatic heterocycles. The Morgan fingerprint density at radius 1 is 1.09 bits per heavy atom. The Balaban J connectivity index is 1.34. The van der Waals surface area contributed by atoms with Crippen molar-refractivity contribution in [1.82, 2.24) is 25.0 Å². The van der Waals surface area contributed by atoms with Crippen molar-refractivity contribution in [3.05, 3.63) is 80.8 Å². The van der Waals surface area contributed by atoms with Crippen LogP contribution in [0.25, 0.3) is 0 Å². The van der Waals surface area contributed by atoms with Gasteiger partial charge in [0.2, 0.25) is 0 Å². The number of carbonyl (C=O) groups excluding carboxylic acids is 1. The van der Waals surface area contributed by atoms with E-state index in [4.69, 9.17) is 23.2 Å². The van der Waals surface area contributed by atoms with Crippen molar-refractivity contribution in [3.8, 4) is 0 Å². The normalized spacial score (nSPS) is 19.9. The van der Waals surface area contributed by atoms with E-state index in [1.54, 1.807) is 0 Å². The van der Waals surface area contributed by atoms with Gasteiger partial charge >= 0.3 is 6.03 Å². The second-order valence-electron chi connectivity index (χ2n) is 8.55. The highest BCUT2D eigenvalue weighted by atomic mass is 35.5. The maximum absolute atomic E-state index is 13.3. The molecule has 2 heterocycles. The Labute approximate surface area is 197 Å². The van der Waals surface area contributed by atoms with Crippen molar-refractivity contribution in [3.63, 3.8) is 0 Å². The molecule has 8 heteroatoms. The lowest BCUT2D eigenvalue weighted by molar-refractivity contribution is 0.185. The molecule has 3 aromatic rings. The summed E-state index contributed by atoms with van der Waals surface area (Å²) in [6, 6.07) is 13.6. The molecule has 166 valence electrons. The summed E-state index contributed by atoms with van der Waals surface area (Å²) in [5.41, 5.74) is 3.51. The van der Waals surface area contributed by atoms with Gasteiger partial charge in [-0.05, 0) is 73.6 Å². The molecule has 2 aromatic carbocycles. The first-order valence-electron chi connectivity index (χ1n) is 11.0. The SMILES string of the molecule is Cc1nnc(C2CCCN2C(=O)NC2CCc3cc(Cl)ccc32)n1Cc1ccc(Cl)cc1. The molecule has 1 N–H and O–H groups in total. The lowest BCUT2D eigenvalue weighted by Gasteiger charge is -2.27. The first-order valence-corrected chi connectivity index (χ1v) is 11.7. The van der Waals surface area contributed by atoms with Gasteiger partial charge in [-0.3, -0.25) is 0 Å². The molecule has 1 aliphatic carbocycles. The molecule has 1 fully saturated rings. The summed E-state index contributed by atoms with van der Waals surface area (Å²) in [6.07, 6.45) is 3.65. The van der Waals surface area contributed by atoms with Gasteiger partial charge in [-0.15, -0.1) is 10.2 Å². The van der Waals surface area contributed by atoms with Crippen LogP contribution in [0.3, 0.4) is 0 Å². The number of halogens is 2. The third-order valence-corrected chi connectivity index (χ3v) is 7.00. The van der Waals surface area contributed by atoms with Crippen molar-refractivity contribution in [2.24, 2.45) is 0 Å². The average Bonchev–Trinajstić information content (AvgIpc) is 3.49. The van der Waals surface area contributed by atoms with Crippen molar-refractivity contribution < 1.29 is 4.79 Å². The first-order chi connectivity index (χ1) is 15.5.